The molecule has 2 aliphatic carbocycles. The number of nitrogens with one attached hydrogen (secondary N) is 1. The number of anilines is 1. The summed E-state index contributed by atoms with van der Waals surface area (Å²) in [6.45, 7) is 4.45. The van der Waals surface area contributed by atoms with Gasteiger partial charge in [0.2, 0.25) is 0 Å². The molecule has 2 heterocycles. The van der Waals surface area contributed by atoms with Crippen LogP contribution in [0.1, 0.15) is 38.8 Å². The predicted molar refractivity (Wildman–Crippen MR) is 137 cm³/mol. The fraction of sp³-hybridized carbons (Fsp3) is 0.233. The molecule has 0 saturated carbocycles. The maximum absolute atomic E-state index is 13.7. The predicted octanol–water partition coefficient (Wildman–Crippen LogP) is 4.70. The topological polar surface area (TPSA) is 86.7 Å². The Morgan fingerprint density at radius 1 is 0.972 bits per heavy atom. The number of rotatable bonds is 3. The summed E-state index contributed by atoms with van der Waals surface area (Å²) in [5, 5.41) is 12.7. The summed E-state index contributed by atoms with van der Waals surface area (Å²) in [5.74, 6) is -1.58. The highest BCUT2D eigenvalue weighted by molar-refractivity contribution is 6.09. The molecule has 4 aliphatic rings. The molecule has 0 amide bonds. The van der Waals surface area contributed by atoms with Gasteiger partial charge in [-0.15, -0.1) is 0 Å². The fourth-order valence-electron chi connectivity index (χ4n) is 5.72. The van der Waals surface area contributed by atoms with Crippen molar-refractivity contribution in [3.05, 3.63) is 112 Å². The highest BCUT2D eigenvalue weighted by Gasteiger charge is 2.45. The number of carboxylic acid groups (broad SMARTS) is 1. The Labute approximate surface area is 209 Å². The Morgan fingerprint density at radius 2 is 1.75 bits per heavy atom. The van der Waals surface area contributed by atoms with Gasteiger partial charge in [0, 0.05) is 29.1 Å². The number of hydrogen-bond donors (Lipinski definition) is 2. The van der Waals surface area contributed by atoms with Gasteiger partial charge >= 0.3 is 5.97 Å². The number of carbonyl (C=O) groups is 3. The minimum Gasteiger partial charge on any atom is -0.478 e. The van der Waals surface area contributed by atoms with Crippen LogP contribution in [0.25, 0.3) is 0 Å². The third-order valence-electron chi connectivity index (χ3n) is 7.57. The van der Waals surface area contributed by atoms with Crippen molar-refractivity contribution < 1.29 is 19.5 Å². The second-order valence-corrected chi connectivity index (χ2v) is 10.0. The summed E-state index contributed by atoms with van der Waals surface area (Å²) < 4.78 is 0. The first-order valence-corrected chi connectivity index (χ1v) is 12.2. The summed E-state index contributed by atoms with van der Waals surface area (Å²) in [4.78, 5) is 40.7. The van der Waals surface area contributed by atoms with Crippen LogP contribution in [0.2, 0.25) is 0 Å². The molecule has 180 valence electrons. The Morgan fingerprint density at radius 3 is 2.50 bits per heavy atom. The van der Waals surface area contributed by atoms with Gasteiger partial charge in [-0.25, -0.2) is 4.79 Å². The van der Waals surface area contributed by atoms with Gasteiger partial charge in [-0.05, 0) is 55.8 Å². The van der Waals surface area contributed by atoms with Crippen molar-refractivity contribution in [2.75, 3.05) is 5.32 Å². The first-order valence-electron chi connectivity index (χ1n) is 12.2. The average Bonchev–Trinajstić information content (AvgIpc) is 2.87. The number of Topliss-reactive ketones (excluding diaryl/α,β-unsaturated/α-hetero) is 2. The fourth-order valence-corrected chi connectivity index (χ4v) is 5.72. The molecule has 0 aromatic heterocycles. The second kappa shape index (κ2) is 8.19. The number of fused-ring (bicyclic) bond motifs is 4. The van der Waals surface area contributed by atoms with E-state index in [0.717, 1.165) is 28.1 Å². The van der Waals surface area contributed by atoms with Crippen molar-refractivity contribution in [2.24, 2.45) is 11.8 Å². The van der Waals surface area contributed by atoms with Crippen LogP contribution >= 0.6 is 0 Å². The molecule has 6 nitrogen and oxygen atoms in total. The number of aryl methyl sites for hydroxylation is 1. The number of allylic oxidation sites excluding steroid dienone is 3. The molecule has 1 saturated heterocycles. The van der Waals surface area contributed by atoms with E-state index in [0.29, 0.717) is 17.7 Å². The maximum Gasteiger partial charge on any atom is 0.335 e. The average molecular weight is 479 g/mol. The smallest absolute Gasteiger partial charge is 0.335 e. The molecule has 6 heteroatoms. The molecule has 2 aromatic rings. The highest BCUT2D eigenvalue weighted by atomic mass is 16.4. The molecule has 4 unspecified atom stereocenters. The number of nitrogens with zero attached hydrogens (tertiary/aromatic N) is 1. The first-order chi connectivity index (χ1) is 17.3. The van der Waals surface area contributed by atoms with Gasteiger partial charge < -0.3 is 15.3 Å². The second-order valence-electron chi connectivity index (χ2n) is 10.0. The molecule has 1 fully saturated rings. The third-order valence-corrected chi connectivity index (χ3v) is 7.57. The molecule has 0 bridgehead atoms. The number of aromatic carboxylic acids is 1. The number of likely N-dealkylation sites (tertiary alicyclic amines) is 1. The maximum atomic E-state index is 13.7. The van der Waals surface area contributed by atoms with Gasteiger partial charge in [0.15, 0.2) is 11.6 Å². The molecule has 2 aromatic carbocycles. The van der Waals surface area contributed by atoms with E-state index in [9.17, 15) is 19.5 Å². The molecule has 2 aliphatic heterocycles. The lowest BCUT2D eigenvalue weighted by molar-refractivity contribution is -0.120. The van der Waals surface area contributed by atoms with Crippen molar-refractivity contribution in [3.8, 4) is 0 Å². The monoisotopic (exact) mass is 478 g/mol. The summed E-state index contributed by atoms with van der Waals surface area (Å²) in [6.07, 6.45) is 10.0. The lowest BCUT2D eigenvalue weighted by atomic mass is 9.73. The van der Waals surface area contributed by atoms with Gasteiger partial charge in [-0.1, -0.05) is 47.6 Å². The van der Waals surface area contributed by atoms with E-state index in [1.54, 1.807) is 12.1 Å². The van der Waals surface area contributed by atoms with Crippen molar-refractivity contribution >= 4 is 23.2 Å². The van der Waals surface area contributed by atoms with Gasteiger partial charge in [0.05, 0.1) is 29.5 Å². The van der Waals surface area contributed by atoms with E-state index in [4.69, 9.17) is 0 Å². The number of carboxylic acids is 1. The number of ketones is 2. The zero-order chi connectivity index (χ0) is 25.1. The summed E-state index contributed by atoms with van der Waals surface area (Å²) in [5.41, 5.74) is 6.12. The van der Waals surface area contributed by atoms with Crippen molar-refractivity contribution in [3.63, 3.8) is 0 Å². The van der Waals surface area contributed by atoms with E-state index in [2.05, 4.69) is 16.3 Å². The van der Waals surface area contributed by atoms with Crippen LogP contribution in [0.15, 0.2) is 89.7 Å². The standard InChI is InChI=1S/C30H26N2O4/c1-16-3-9-24-20(11-16)28(33)21-14-27-23(13-25(21)31-24)29(34)22-12-17(2)4-10-26(22)32(27)15-18-5-7-19(8-6-18)30(35)36/h3-14,21-22,25-26,31H,15H2,1-2H3,(H,35,36). The Hall–Kier alpha value is -4.19. The molecular weight excluding hydrogens is 452 g/mol. The SMILES string of the molecule is CC1=CC2C(=O)C3=CC4Nc5ccc(C)cc5C(=O)C4C=C3N(Cc3ccc(C(=O)O)cc3)C2C=C1. The number of benzene rings is 2. The van der Waals surface area contributed by atoms with E-state index in [1.807, 2.05) is 68.5 Å². The summed E-state index contributed by atoms with van der Waals surface area (Å²) in [7, 11) is 0. The first kappa shape index (κ1) is 22.3. The van der Waals surface area contributed by atoms with Crippen LogP contribution in [0.5, 0.6) is 0 Å². The minimum absolute atomic E-state index is 0.0514. The highest BCUT2D eigenvalue weighted by Crippen LogP contribution is 2.43. The lowest BCUT2D eigenvalue weighted by Crippen LogP contribution is -2.51. The van der Waals surface area contributed by atoms with Gasteiger partial charge in [-0.2, -0.15) is 0 Å². The third kappa shape index (κ3) is 3.52. The summed E-state index contributed by atoms with van der Waals surface area (Å²) >= 11 is 0. The molecule has 6 rings (SSSR count). The lowest BCUT2D eigenvalue weighted by Gasteiger charge is -2.46. The normalized spacial score (nSPS) is 25.9. The Kier molecular flexibility index (Phi) is 5.07. The number of carbonyl (C=O) groups excluding carboxylic acids is 2. The molecule has 36 heavy (non-hydrogen) atoms. The van der Waals surface area contributed by atoms with Crippen LogP contribution in [-0.2, 0) is 11.3 Å². The molecular formula is C30H26N2O4. The Bertz CT molecular complexity index is 1440. The number of hydrogen-bond acceptors (Lipinski definition) is 5. The zero-order valence-corrected chi connectivity index (χ0v) is 20.1. The quantitative estimate of drug-likeness (QED) is 0.665. The molecule has 0 spiro atoms. The van der Waals surface area contributed by atoms with E-state index >= 15 is 0 Å². The van der Waals surface area contributed by atoms with E-state index < -0.39 is 11.9 Å². The van der Waals surface area contributed by atoms with Crippen LogP contribution in [-0.4, -0.2) is 39.6 Å². The number of piperidine rings is 1. The Balaban J connectivity index is 1.43. The minimum atomic E-state index is -0.967. The van der Waals surface area contributed by atoms with Gasteiger partial charge in [-0.3, -0.25) is 9.59 Å². The van der Waals surface area contributed by atoms with Gasteiger partial charge in [0.1, 0.15) is 0 Å². The van der Waals surface area contributed by atoms with E-state index in [-0.39, 0.29) is 35.1 Å². The van der Waals surface area contributed by atoms with Gasteiger partial charge in [0.25, 0.3) is 0 Å². The van der Waals surface area contributed by atoms with Crippen LogP contribution < -0.4 is 5.32 Å². The molecule has 4 atom stereocenters. The van der Waals surface area contributed by atoms with Crippen molar-refractivity contribution in [1.82, 2.24) is 4.90 Å². The van der Waals surface area contributed by atoms with Crippen LogP contribution in [0.4, 0.5) is 5.69 Å². The van der Waals surface area contributed by atoms with Crippen LogP contribution in [0, 0.1) is 18.8 Å². The van der Waals surface area contributed by atoms with Crippen molar-refractivity contribution in [2.45, 2.75) is 32.5 Å². The molecule has 2 N–H and O–H groups in total. The largest absolute Gasteiger partial charge is 0.478 e. The molecule has 0 radical (unpaired) electrons. The van der Waals surface area contributed by atoms with E-state index in [1.165, 1.54) is 0 Å². The van der Waals surface area contributed by atoms with Crippen molar-refractivity contribution in [1.29, 1.82) is 0 Å². The van der Waals surface area contributed by atoms with Crippen LogP contribution in [0.3, 0.4) is 0 Å². The zero-order valence-electron chi connectivity index (χ0n) is 20.1. The summed E-state index contributed by atoms with van der Waals surface area (Å²) in [6, 6.07) is 12.2.